The van der Waals surface area contributed by atoms with Gasteiger partial charge < -0.3 is 5.73 Å². The highest BCUT2D eigenvalue weighted by Gasteiger charge is 2.07. The minimum Gasteiger partial charge on any atom is -0.324 e. The molecule has 0 bridgehead atoms. The molecular weight excluding hydrogens is 198 g/mol. The lowest BCUT2D eigenvalue weighted by atomic mass is 10.1. The molecule has 15 heavy (non-hydrogen) atoms. The lowest BCUT2D eigenvalue weighted by Gasteiger charge is -2.05. The van der Waals surface area contributed by atoms with Gasteiger partial charge in [0.15, 0.2) is 0 Å². The van der Waals surface area contributed by atoms with E-state index in [1.807, 2.05) is 19.1 Å². The van der Waals surface area contributed by atoms with Gasteiger partial charge in [-0.15, -0.1) is 5.54 Å². The van der Waals surface area contributed by atoms with Crippen LogP contribution in [0, 0.1) is 11.5 Å². The van der Waals surface area contributed by atoms with E-state index < -0.39 is 8.07 Å². The molecule has 0 aliphatic heterocycles. The third kappa shape index (κ3) is 4.33. The molecule has 0 aromatic heterocycles. The first-order valence-corrected chi connectivity index (χ1v) is 8.77. The molecular formula is C13H19NSi. The highest BCUT2D eigenvalue weighted by Crippen LogP contribution is 2.10. The van der Waals surface area contributed by atoms with Crippen LogP contribution in [0.5, 0.6) is 0 Å². The Labute approximate surface area is 93.7 Å². The molecule has 0 spiro atoms. The van der Waals surface area contributed by atoms with E-state index in [0.29, 0.717) is 0 Å². The first kappa shape index (κ1) is 12.0. The number of rotatable bonds is 1. The second kappa shape index (κ2) is 4.65. The zero-order chi connectivity index (χ0) is 11.5. The Morgan fingerprint density at radius 3 is 2.07 bits per heavy atom. The summed E-state index contributed by atoms with van der Waals surface area (Å²) in [7, 11) is -1.26. The van der Waals surface area contributed by atoms with Gasteiger partial charge in [0.25, 0.3) is 0 Å². The molecule has 0 unspecified atom stereocenters. The lowest BCUT2D eigenvalue weighted by Crippen LogP contribution is -2.16. The average Bonchev–Trinajstić information content (AvgIpc) is 2.14. The second-order valence-corrected chi connectivity index (χ2v) is 9.66. The van der Waals surface area contributed by atoms with Crippen molar-refractivity contribution in [2.45, 2.75) is 32.6 Å². The number of benzene rings is 1. The van der Waals surface area contributed by atoms with Crippen molar-refractivity contribution in [3.63, 3.8) is 0 Å². The van der Waals surface area contributed by atoms with E-state index >= 15 is 0 Å². The zero-order valence-electron chi connectivity index (χ0n) is 9.96. The van der Waals surface area contributed by atoms with Crippen molar-refractivity contribution in [1.29, 1.82) is 0 Å². The van der Waals surface area contributed by atoms with Gasteiger partial charge in [-0.3, -0.25) is 0 Å². The summed E-state index contributed by atoms with van der Waals surface area (Å²) < 4.78 is 0. The van der Waals surface area contributed by atoms with Gasteiger partial charge in [-0.2, -0.15) is 0 Å². The van der Waals surface area contributed by atoms with Crippen LogP contribution in [0.1, 0.15) is 24.1 Å². The van der Waals surface area contributed by atoms with Gasteiger partial charge in [0.05, 0.1) is 0 Å². The maximum Gasteiger partial charge on any atom is 0.129 e. The standard InChI is InChI=1S/C13H19NSi/c1-11(14)13-7-5-12(6-8-13)9-10-15(2,3)4/h5-8,11H,14H2,1-4H3/t11-/m0/s1. The van der Waals surface area contributed by atoms with Gasteiger partial charge in [-0.25, -0.2) is 0 Å². The van der Waals surface area contributed by atoms with E-state index in [0.717, 1.165) is 11.1 Å². The van der Waals surface area contributed by atoms with Crippen LogP contribution in [-0.4, -0.2) is 8.07 Å². The fourth-order valence-corrected chi connectivity index (χ4v) is 1.65. The van der Waals surface area contributed by atoms with Crippen molar-refractivity contribution in [2.24, 2.45) is 5.73 Å². The highest BCUT2D eigenvalue weighted by atomic mass is 28.3. The summed E-state index contributed by atoms with van der Waals surface area (Å²) in [6.45, 7) is 8.73. The number of hydrogen-bond acceptors (Lipinski definition) is 1. The molecule has 0 saturated carbocycles. The Hall–Kier alpha value is -1.04. The molecule has 1 aromatic carbocycles. The van der Waals surface area contributed by atoms with E-state index in [2.05, 4.69) is 43.2 Å². The number of hydrogen-bond donors (Lipinski definition) is 1. The molecule has 1 nitrogen and oxygen atoms in total. The van der Waals surface area contributed by atoms with Crippen molar-refractivity contribution >= 4 is 8.07 Å². The van der Waals surface area contributed by atoms with E-state index in [4.69, 9.17) is 5.73 Å². The molecule has 0 aliphatic rings. The smallest absolute Gasteiger partial charge is 0.129 e. The second-order valence-electron chi connectivity index (χ2n) is 4.91. The summed E-state index contributed by atoms with van der Waals surface area (Å²) >= 11 is 0. The Balaban J connectivity index is 2.85. The first-order valence-electron chi connectivity index (χ1n) is 5.27. The van der Waals surface area contributed by atoms with Crippen LogP contribution >= 0.6 is 0 Å². The molecule has 2 heteroatoms. The van der Waals surface area contributed by atoms with E-state index in [-0.39, 0.29) is 6.04 Å². The fourth-order valence-electron chi connectivity index (χ4n) is 1.13. The van der Waals surface area contributed by atoms with Crippen LogP contribution in [0.2, 0.25) is 19.6 Å². The minimum atomic E-state index is -1.26. The van der Waals surface area contributed by atoms with E-state index in [1.54, 1.807) is 0 Å². The summed E-state index contributed by atoms with van der Waals surface area (Å²) in [5.74, 6) is 3.22. The minimum absolute atomic E-state index is 0.101. The number of nitrogens with two attached hydrogens (primary N) is 1. The summed E-state index contributed by atoms with van der Waals surface area (Å²) in [4.78, 5) is 0. The van der Waals surface area contributed by atoms with E-state index in [1.165, 1.54) is 0 Å². The third-order valence-electron chi connectivity index (χ3n) is 2.02. The Kier molecular flexibility index (Phi) is 3.73. The van der Waals surface area contributed by atoms with Crippen LogP contribution in [0.3, 0.4) is 0 Å². The molecule has 1 atom stereocenters. The molecule has 2 N–H and O–H groups in total. The highest BCUT2D eigenvalue weighted by molar-refractivity contribution is 6.83. The predicted molar refractivity (Wildman–Crippen MR) is 69.3 cm³/mol. The van der Waals surface area contributed by atoms with Gasteiger partial charge in [0, 0.05) is 11.6 Å². The fraction of sp³-hybridized carbons (Fsp3) is 0.385. The van der Waals surface area contributed by atoms with Gasteiger partial charge in [-0.05, 0) is 24.6 Å². The topological polar surface area (TPSA) is 26.0 Å². The van der Waals surface area contributed by atoms with Gasteiger partial charge in [0.2, 0.25) is 0 Å². The molecule has 0 amide bonds. The van der Waals surface area contributed by atoms with Gasteiger partial charge in [0.1, 0.15) is 8.07 Å². The van der Waals surface area contributed by atoms with E-state index in [9.17, 15) is 0 Å². The molecule has 0 heterocycles. The molecule has 0 aliphatic carbocycles. The molecule has 1 aromatic rings. The van der Waals surface area contributed by atoms with Crippen LogP contribution < -0.4 is 5.73 Å². The normalized spacial score (nSPS) is 12.9. The van der Waals surface area contributed by atoms with Crippen LogP contribution in [0.25, 0.3) is 0 Å². The van der Waals surface area contributed by atoms with Crippen molar-refractivity contribution < 1.29 is 0 Å². The van der Waals surface area contributed by atoms with Gasteiger partial charge >= 0.3 is 0 Å². The Morgan fingerprint density at radius 1 is 1.13 bits per heavy atom. The zero-order valence-corrected chi connectivity index (χ0v) is 11.0. The average molecular weight is 217 g/mol. The monoisotopic (exact) mass is 217 g/mol. The summed E-state index contributed by atoms with van der Waals surface area (Å²) in [5.41, 5.74) is 11.4. The maximum absolute atomic E-state index is 5.78. The van der Waals surface area contributed by atoms with Crippen LogP contribution in [0.15, 0.2) is 24.3 Å². The molecule has 80 valence electrons. The third-order valence-corrected chi connectivity index (χ3v) is 2.89. The van der Waals surface area contributed by atoms with Crippen molar-refractivity contribution in [3.8, 4) is 11.5 Å². The first-order chi connectivity index (χ1) is 6.88. The van der Waals surface area contributed by atoms with Crippen LogP contribution in [-0.2, 0) is 0 Å². The molecule has 1 rings (SSSR count). The van der Waals surface area contributed by atoms with Crippen LogP contribution in [0.4, 0.5) is 0 Å². The van der Waals surface area contributed by atoms with Gasteiger partial charge in [-0.1, -0.05) is 37.7 Å². The molecule has 0 fully saturated rings. The summed E-state index contributed by atoms with van der Waals surface area (Å²) in [5, 5.41) is 0. The quantitative estimate of drug-likeness (QED) is 0.568. The van der Waals surface area contributed by atoms with Crippen molar-refractivity contribution in [2.75, 3.05) is 0 Å². The Morgan fingerprint density at radius 2 is 1.67 bits per heavy atom. The van der Waals surface area contributed by atoms with Crippen molar-refractivity contribution in [1.82, 2.24) is 0 Å². The largest absolute Gasteiger partial charge is 0.324 e. The Bertz CT molecular complexity index is 374. The maximum atomic E-state index is 5.78. The van der Waals surface area contributed by atoms with Crippen molar-refractivity contribution in [3.05, 3.63) is 35.4 Å². The lowest BCUT2D eigenvalue weighted by molar-refractivity contribution is 0.818. The summed E-state index contributed by atoms with van der Waals surface area (Å²) in [6.07, 6.45) is 0. The predicted octanol–water partition coefficient (Wildman–Crippen LogP) is 2.94. The molecule has 0 radical (unpaired) electrons. The summed E-state index contributed by atoms with van der Waals surface area (Å²) in [6, 6.07) is 8.30. The molecule has 0 saturated heterocycles. The SMILES string of the molecule is C[C@H](N)c1ccc(C#C[Si](C)(C)C)cc1.